The SMILES string of the molecule is O=C([O-])CC[N+]1(CC(=O)[O-])C=NCC1.[Na+]. The molecule has 0 amide bonds. The summed E-state index contributed by atoms with van der Waals surface area (Å²) in [7, 11) is 0. The van der Waals surface area contributed by atoms with E-state index in [-0.39, 0.29) is 53.6 Å². The molecule has 1 rings (SSSR count). The van der Waals surface area contributed by atoms with Crippen LogP contribution in [0, 0.1) is 0 Å². The fraction of sp³-hybridized carbons (Fsp3) is 0.625. The Kier molecular flexibility index (Phi) is 6.04. The van der Waals surface area contributed by atoms with E-state index in [0.717, 1.165) is 0 Å². The minimum absolute atomic E-state index is 0. The van der Waals surface area contributed by atoms with Gasteiger partial charge in [-0.15, -0.1) is 0 Å². The molecule has 6 nitrogen and oxygen atoms in total. The van der Waals surface area contributed by atoms with Gasteiger partial charge in [-0.25, -0.2) is 4.99 Å². The van der Waals surface area contributed by atoms with Crippen LogP contribution in [0.15, 0.2) is 4.99 Å². The van der Waals surface area contributed by atoms with Crippen molar-refractivity contribution in [3.63, 3.8) is 0 Å². The molecule has 0 aromatic rings. The molecule has 1 aliphatic rings. The minimum Gasteiger partial charge on any atom is -0.550 e. The molecule has 0 aromatic heterocycles. The molecule has 7 heteroatoms. The second-order valence-electron chi connectivity index (χ2n) is 3.34. The normalized spacial score (nSPS) is 23.5. The van der Waals surface area contributed by atoms with Gasteiger partial charge in [0, 0.05) is 12.4 Å². The fourth-order valence-corrected chi connectivity index (χ4v) is 1.49. The van der Waals surface area contributed by atoms with E-state index in [1.165, 1.54) is 6.34 Å². The summed E-state index contributed by atoms with van der Waals surface area (Å²) in [5.41, 5.74) is 0. The molecule has 0 saturated heterocycles. The third-order valence-electron chi connectivity index (χ3n) is 2.21. The van der Waals surface area contributed by atoms with E-state index in [2.05, 4.69) is 4.99 Å². The molecule has 0 aromatic carbocycles. The average Bonchev–Trinajstić information content (AvgIpc) is 2.49. The van der Waals surface area contributed by atoms with Gasteiger partial charge in [-0.05, 0) is 0 Å². The summed E-state index contributed by atoms with van der Waals surface area (Å²) < 4.78 is 0.0519. The third kappa shape index (κ3) is 4.74. The Morgan fingerprint density at radius 3 is 2.40 bits per heavy atom. The molecule has 0 spiro atoms. The standard InChI is InChI=1S/C8H12N2O4.Na/c11-7(12)1-3-10(5-8(13)14)4-2-9-6-10;/h6H,1-5H2,(H-,11,12,13,14);/q;+1/p-1. The number of quaternary nitrogens is 1. The monoisotopic (exact) mass is 222 g/mol. The van der Waals surface area contributed by atoms with Gasteiger partial charge in [-0.3, -0.25) is 4.48 Å². The number of hydrogen-bond donors (Lipinski definition) is 0. The van der Waals surface area contributed by atoms with Crippen LogP contribution in [0.25, 0.3) is 0 Å². The quantitative estimate of drug-likeness (QED) is 0.341. The Bertz CT molecular complexity index is 282. The first kappa shape index (κ1) is 14.6. The molecule has 78 valence electrons. The smallest absolute Gasteiger partial charge is 0.550 e. The van der Waals surface area contributed by atoms with E-state index in [9.17, 15) is 19.8 Å². The molecule has 1 heterocycles. The predicted octanol–water partition coefficient (Wildman–Crippen LogP) is -6.26. The van der Waals surface area contributed by atoms with Crippen molar-refractivity contribution in [1.29, 1.82) is 0 Å². The zero-order valence-electron chi connectivity index (χ0n) is 8.64. The Morgan fingerprint density at radius 2 is 2.00 bits per heavy atom. The first-order chi connectivity index (χ1) is 6.54. The number of carboxylic acids is 2. The van der Waals surface area contributed by atoms with Gasteiger partial charge in [-0.1, -0.05) is 0 Å². The number of aliphatic carboxylic acids is 2. The summed E-state index contributed by atoms with van der Waals surface area (Å²) in [6.45, 7) is 1.01. The zero-order chi connectivity index (χ0) is 10.6. The van der Waals surface area contributed by atoms with Crippen LogP contribution >= 0.6 is 0 Å². The minimum atomic E-state index is -1.20. The van der Waals surface area contributed by atoms with Crippen LogP contribution in [0.5, 0.6) is 0 Å². The summed E-state index contributed by atoms with van der Waals surface area (Å²) in [6, 6.07) is 0. The molecule has 0 fully saturated rings. The van der Waals surface area contributed by atoms with Crippen LogP contribution in [0.3, 0.4) is 0 Å². The maximum absolute atomic E-state index is 10.5. The second kappa shape index (κ2) is 6.22. The van der Waals surface area contributed by atoms with Crippen molar-refractivity contribution in [2.24, 2.45) is 4.99 Å². The van der Waals surface area contributed by atoms with Crippen molar-refractivity contribution < 1.29 is 53.8 Å². The average molecular weight is 222 g/mol. The Morgan fingerprint density at radius 1 is 1.33 bits per heavy atom. The molecule has 0 saturated carbocycles. The van der Waals surface area contributed by atoms with Gasteiger partial charge in [0.1, 0.15) is 13.1 Å². The van der Waals surface area contributed by atoms with Crippen molar-refractivity contribution in [1.82, 2.24) is 0 Å². The van der Waals surface area contributed by atoms with Gasteiger partial charge >= 0.3 is 29.6 Å². The maximum Gasteiger partial charge on any atom is 1.00 e. The van der Waals surface area contributed by atoms with Crippen molar-refractivity contribution in [3.05, 3.63) is 0 Å². The summed E-state index contributed by atoms with van der Waals surface area (Å²) in [6.07, 6.45) is 1.32. The molecular formula is C8H11N2NaO4. The van der Waals surface area contributed by atoms with E-state index >= 15 is 0 Å². The molecule has 0 radical (unpaired) electrons. The van der Waals surface area contributed by atoms with Crippen molar-refractivity contribution in [2.75, 3.05) is 26.2 Å². The summed E-state index contributed by atoms with van der Waals surface area (Å²) in [5.74, 6) is -2.38. The fourth-order valence-electron chi connectivity index (χ4n) is 1.49. The van der Waals surface area contributed by atoms with Crippen molar-refractivity contribution in [2.45, 2.75) is 6.42 Å². The van der Waals surface area contributed by atoms with Crippen LogP contribution in [0.4, 0.5) is 0 Å². The third-order valence-corrected chi connectivity index (χ3v) is 2.21. The van der Waals surface area contributed by atoms with E-state index in [0.29, 0.717) is 13.1 Å². The Hall–Kier alpha value is -0.430. The second-order valence-corrected chi connectivity index (χ2v) is 3.34. The van der Waals surface area contributed by atoms with E-state index in [4.69, 9.17) is 0 Å². The number of carbonyl (C=O) groups is 2. The number of hydrogen-bond acceptors (Lipinski definition) is 5. The molecule has 0 bridgehead atoms. The number of carboxylic acid groups (broad SMARTS) is 2. The van der Waals surface area contributed by atoms with Gasteiger partial charge < -0.3 is 19.8 Å². The van der Waals surface area contributed by atoms with Crippen LogP contribution in [-0.2, 0) is 9.59 Å². The van der Waals surface area contributed by atoms with Crippen LogP contribution in [0.2, 0.25) is 0 Å². The van der Waals surface area contributed by atoms with Gasteiger partial charge in [0.2, 0.25) is 0 Å². The van der Waals surface area contributed by atoms with E-state index < -0.39 is 11.9 Å². The number of carbonyl (C=O) groups excluding carboxylic acids is 2. The Balaban J connectivity index is 0.00000196. The van der Waals surface area contributed by atoms with Crippen LogP contribution < -0.4 is 39.8 Å². The van der Waals surface area contributed by atoms with Gasteiger partial charge in [-0.2, -0.15) is 0 Å². The summed E-state index contributed by atoms with van der Waals surface area (Å²) >= 11 is 0. The van der Waals surface area contributed by atoms with Gasteiger partial charge in [0.25, 0.3) is 0 Å². The number of nitrogens with zero attached hydrogens (tertiary/aromatic N) is 2. The molecular weight excluding hydrogens is 211 g/mol. The first-order valence-electron chi connectivity index (χ1n) is 4.30. The largest absolute Gasteiger partial charge is 1.00 e. The number of aliphatic imine (C=N–C) groups is 1. The van der Waals surface area contributed by atoms with Crippen LogP contribution in [0.1, 0.15) is 6.42 Å². The van der Waals surface area contributed by atoms with Gasteiger partial charge in [0.05, 0.1) is 19.1 Å². The molecule has 1 aliphatic heterocycles. The van der Waals surface area contributed by atoms with Crippen molar-refractivity contribution in [3.8, 4) is 0 Å². The topological polar surface area (TPSA) is 92.6 Å². The van der Waals surface area contributed by atoms with E-state index in [1.807, 2.05) is 0 Å². The van der Waals surface area contributed by atoms with Crippen LogP contribution in [-0.4, -0.2) is 48.9 Å². The Labute approximate surface area is 109 Å². The van der Waals surface area contributed by atoms with E-state index in [1.54, 1.807) is 0 Å². The number of rotatable bonds is 5. The van der Waals surface area contributed by atoms with Crippen molar-refractivity contribution >= 4 is 18.3 Å². The molecule has 1 atom stereocenters. The zero-order valence-corrected chi connectivity index (χ0v) is 10.6. The summed E-state index contributed by atoms with van der Waals surface area (Å²) in [4.78, 5) is 24.6. The predicted molar refractivity (Wildman–Crippen MR) is 42.9 cm³/mol. The summed E-state index contributed by atoms with van der Waals surface area (Å²) in [5, 5.41) is 20.7. The maximum atomic E-state index is 10.5. The molecule has 1 unspecified atom stereocenters. The molecule has 0 aliphatic carbocycles. The van der Waals surface area contributed by atoms with Gasteiger partial charge in [0.15, 0.2) is 6.34 Å². The molecule has 0 N–H and O–H groups in total. The first-order valence-corrected chi connectivity index (χ1v) is 4.30. The molecule has 15 heavy (non-hydrogen) atoms.